The normalized spacial score (nSPS) is 25.1. The molecule has 1 aromatic carbocycles. The number of carbonyl (C=O) groups excluding carboxylic acids is 2. The van der Waals surface area contributed by atoms with Crippen LogP contribution in [0.25, 0.3) is 0 Å². The predicted octanol–water partition coefficient (Wildman–Crippen LogP) is -2.17. The number of aliphatic hydroxyl groups excluding tert-OH is 4. The lowest BCUT2D eigenvalue weighted by Crippen LogP contribution is -2.64. The number of phenols is 1. The number of aromatic hydroxyl groups is 1. The Hall–Kier alpha value is -2.81. The summed E-state index contributed by atoms with van der Waals surface area (Å²) in [5, 5.41) is 52.1. The second kappa shape index (κ2) is 13.0. The first-order valence-corrected chi connectivity index (χ1v) is 10.3. The number of unbranched alkanes of at least 4 members (excludes halogenated alkanes) is 1. The van der Waals surface area contributed by atoms with Gasteiger partial charge in [0.15, 0.2) is 6.23 Å². The van der Waals surface area contributed by atoms with Crippen LogP contribution in [-0.2, 0) is 14.3 Å². The molecule has 8 N–H and O–H groups in total. The lowest BCUT2D eigenvalue weighted by molar-refractivity contribution is -0.238. The quantitative estimate of drug-likeness (QED) is 0.0999. The van der Waals surface area contributed by atoms with E-state index >= 15 is 0 Å². The monoisotopic (exact) mass is 470 g/mol. The first-order chi connectivity index (χ1) is 15.8. The van der Waals surface area contributed by atoms with Gasteiger partial charge in [-0.25, -0.2) is 10.9 Å². The highest BCUT2D eigenvalue weighted by Gasteiger charge is 2.43. The van der Waals surface area contributed by atoms with Gasteiger partial charge < -0.3 is 35.0 Å². The Bertz CT molecular complexity index is 821. The summed E-state index contributed by atoms with van der Waals surface area (Å²) in [4.78, 5) is 23.7. The fourth-order valence-corrected chi connectivity index (χ4v) is 3.00. The van der Waals surface area contributed by atoms with E-state index in [4.69, 9.17) is 14.6 Å². The third-order valence-corrected chi connectivity index (χ3v) is 4.93. The number of methoxy groups -OCH3 is 1. The number of nitrogens with zero attached hydrogens (tertiary/aromatic N) is 1. The molecule has 1 heterocycles. The van der Waals surface area contributed by atoms with Gasteiger partial charge in [0.2, 0.25) is 11.8 Å². The number of benzene rings is 1. The van der Waals surface area contributed by atoms with E-state index in [1.165, 1.54) is 19.4 Å². The largest absolute Gasteiger partial charge is 0.507 e. The molecule has 0 aromatic heterocycles. The van der Waals surface area contributed by atoms with Crippen LogP contribution >= 0.6 is 0 Å². The second-order valence-corrected chi connectivity index (χ2v) is 7.37. The molecule has 1 saturated heterocycles. The number of carbonyl (C=O) groups is 2. The number of hydrazone groups is 1. The molecule has 0 bridgehead atoms. The van der Waals surface area contributed by atoms with Crippen molar-refractivity contribution in [3.05, 3.63) is 23.8 Å². The Morgan fingerprint density at radius 1 is 1.12 bits per heavy atom. The summed E-state index contributed by atoms with van der Waals surface area (Å²) in [5.41, 5.74) is 7.46. The fraction of sp³-hybridized carbons (Fsp3) is 0.550. The van der Waals surface area contributed by atoms with Crippen molar-refractivity contribution in [2.45, 2.75) is 56.3 Å². The van der Waals surface area contributed by atoms with Gasteiger partial charge in [-0.15, -0.1) is 0 Å². The van der Waals surface area contributed by atoms with Crippen LogP contribution < -0.4 is 21.0 Å². The number of hydrogen-bond donors (Lipinski definition) is 8. The first kappa shape index (κ1) is 26.4. The molecule has 5 atom stereocenters. The number of rotatable bonds is 11. The van der Waals surface area contributed by atoms with Crippen molar-refractivity contribution in [3.63, 3.8) is 0 Å². The van der Waals surface area contributed by atoms with Gasteiger partial charge in [0.25, 0.3) is 0 Å². The third kappa shape index (κ3) is 7.92. The molecule has 0 radical (unpaired) electrons. The van der Waals surface area contributed by atoms with E-state index in [9.17, 15) is 30.0 Å². The lowest BCUT2D eigenvalue weighted by atomic mass is 9.99. The van der Waals surface area contributed by atoms with Crippen molar-refractivity contribution in [1.82, 2.24) is 16.3 Å². The van der Waals surface area contributed by atoms with Crippen LogP contribution in [0.1, 0.15) is 31.2 Å². The van der Waals surface area contributed by atoms with Crippen LogP contribution in [0.15, 0.2) is 23.3 Å². The Morgan fingerprint density at radius 2 is 1.82 bits per heavy atom. The number of ether oxygens (including phenoxy) is 2. The molecule has 184 valence electrons. The van der Waals surface area contributed by atoms with Gasteiger partial charge in [-0.2, -0.15) is 5.10 Å². The maximum Gasteiger partial charge on any atom is 0.240 e. The molecule has 33 heavy (non-hydrogen) atoms. The van der Waals surface area contributed by atoms with Crippen LogP contribution in [-0.4, -0.2) is 87.9 Å². The minimum atomic E-state index is -1.56. The van der Waals surface area contributed by atoms with E-state index in [-0.39, 0.29) is 24.5 Å². The van der Waals surface area contributed by atoms with Gasteiger partial charge in [0, 0.05) is 24.5 Å². The van der Waals surface area contributed by atoms with Crippen molar-refractivity contribution in [3.8, 4) is 11.5 Å². The number of aliphatic hydroxyl groups is 4. The van der Waals surface area contributed by atoms with E-state index in [1.807, 2.05) is 0 Å². The molecule has 5 unspecified atom stereocenters. The maximum atomic E-state index is 11.9. The molecular weight excluding hydrogens is 440 g/mol. The number of amides is 2. The van der Waals surface area contributed by atoms with Crippen LogP contribution in [0.2, 0.25) is 0 Å². The Morgan fingerprint density at radius 3 is 2.45 bits per heavy atom. The second-order valence-electron chi connectivity index (χ2n) is 7.37. The zero-order valence-corrected chi connectivity index (χ0v) is 18.0. The van der Waals surface area contributed by atoms with Crippen molar-refractivity contribution in [2.24, 2.45) is 5.10 Å². The smallest absolute Gasteiger partial charge is 0.240 e. The van der Waals surface area contributed by atoms with Gasteiger partial charge in [0.05, 0.1) is 19.9 Å². The summed E-state index contributed by atoms with van der Waals surface area (Å²) < 4.78 is 10.2. The molecule has 1 fully saturated rings. The van der Waals surface area contributed by atoms with Gasteiger partial charge in [0.1, 0.15) is 35.9 Å². The summed E-state index contributed by atoms with van der Waals surface area (Å²) in [7, 11) is 1.48. The minimum Gasteiger partial charge on any atom is -0.507 e. The Kier molecular flexibility index (Phi) is 10.4. The van der Waals surface area contributed by atoms with Crippen molar-refractivity contribution in [1.29, 1.82) is 0 Å². The molecule has 2 rings (SSSR count). The van der Waals surface area contributed by atoms with E-state index in [2.05, 4.69) is 21.4 Å². The molecule has 13 nitrogen and oxygen atoms in total. The molecule has 0 aliphatic carbocycles. The molecule has 1 aromatic rings. The molecule has 13 heteroatoms. The average molecular weight is 470 g/mol. The molecule has 0 spiro atoms. The molecule has 1 aliphatic rings. The Labute approximate surface area is 190 Å². The van der Waals surface area contributed by atoms with E-state index in [1.54, 1.807) is 12.1 Å². The number of hydrogen-bond acceptors (Lipinski definition) is 11. The summed E-state index contributed by atoms with van der Waals surface area (Å²) in [6.45, 7) is -0.579. The van der Waals surface area contributed by atoms with Crippen LogP contribution in [0.3, 0.4) is 0 Å². The molecule has 0 saturated carbocycles. The number of phenolic OH excluding ortho intramolecular Hbond substituents is 1. The first-order valence-electron chi connectivity index (χ1n) is 10.3. The van der Waals surface area contributed by atoms with Crippen molar-refractivity contribution in [2.75, 3.05) is 13.7 Å². The zero-order chi connectivity index (χ0) is 24.4. The summed E-state index contributed by atoms with van der Waals surface area (Å²) >= 11 is 0. The highest BCUT2D eigenvalue weighted by molar-refractivity contribution is 5.85. The molecule has 1 aliphatic heterocycles. The van der Waals surface area contributed by atoms with E-state index in [0.29, 0.717) is 24.2 Å². The topological polar surface area (TPSA) is 202 Å². The summed E-state index contributed by atoms with van der Waals surface area (Å²) in [6, 6.07) is 4.64. The molecular formula is C20H30N4O9. The van der Waals surface area contributed by atoms with Crippen LogP contribution in [0.4, 0.5) is 0 Å². The van der Waals surface area contributed by atoms with E-state index < -0.39 is 43.2 Å². The van der Waals surface area contributed by atoms with Crippen molar-refractivity contribution < 1.29 is 44.6 Å². The zero-order valence-electron chi connectivity index (χ0n) is 18.0. The molecule has 2 amide bonds. The van der Waals surface area contributed by atoms with Gasteiger partial charge >= 0.3 is 0 Å². The van der Waals surface area contributed by atoms with Crippen molar-refractivity contribution >= 4 is 18.0 Å². The number of nitrogens with one attached hydrogen (secondary N) is 3. The number of hydrazine groups is 1. The summed E-state index contributed by atoms with van der Waals surface area (Å²) in [5.74, 6) is -0.365. The highest BCUT2D eigenvalue weighted by atomic mass is 16.6. The SMILES string of the molecule is COc1ccc(C=NNC(=O)CCCCC(=O)NNC2OC(CO)C(O)C(O)C2O)c(O)c1. The Balaban J connectivity index is 1.63. The van der Waals surface area contributed by atoms with Gasteiger partial charge in [-0.05, 0) is 25.0 Å². The highest BCUT2D eigenvalue weighted by Crippen LogP contribution is 2.22. The van der Waals surface area contributed by atoms with Gasteiger partial charge in [-0.1, -0.05) is 0 Å². The summed E-state index contributed by atoms with van der Waals surface area (Å²) in [6.07, 6.45) is -4.60. The van der Waals surface area contributed by atoms with Gasteiger partial charge in [-0.3, -0.25) is 15.0 Å². The van der Waals surface area contributed by atoms with E-state index in [0.717, 1.165) is 0 Å². The standard InChI is InChI=1S/C20H30N4O9/c1-32-12-7-6-11(13(26)8-12)9-21-22-15(27)4-2-3-5-16(28)23-24-20-19(31)18(30)17(29)14(10-25)33-20/h6-9,14,17-20,24-26,29-31H,2-5,10H2,1H3,(H,22,27)(H,23,28). The van der Waals surface area contributed by atoms with Crippen LogP contribution in [0.5, 0.6) is 11.5 Å². The predicted molar refractivity (Wildman–Crippen MR) is 114 cm³/mol. The lowest BCUT2D eigenvalue weighted by Gasteiger charge is -2.40. The van der Waals surface area contributed by atoms with Crippen LogP contribution in [0, 0.1) is 0 Å². The third-order valence-electron chi connectivity index (χ3n) is 4.93. The fourth-order valence-electron chi connectivity index (χ4n) is 3.00. The average Bonchev–Trinajstić information content (AvgIpc) is 2.80. The minimum absolute atomic E-state index is 0.0457. The maximum absolute atomic E-state index is 11.9.